The first kappa shape index (κ1) is 12.6. The molecule has 1 aromatic rings. The fraction of sp³-hybridized carbons (Fsp3) is 0.462. The molecular weight excluding hydrogens is 204 g/mol. The SMILES string of the molecule is Cc1cc(CC(C)(C)C)cc(O)c1C(=O)O. The van der Waals surface area contributed by atoms with Gasteiger partial charge in [0.1, 0.15) is 11.3 Å². The van der Waals surface area contributed by atoms with Crippen molar-refractivity contribution in [3.05, 3.63) is 28.8 Å². The van der Waals surface area contributed by atoms with E-state index in [2.05, 4.69) is 20.8 Å². The first-order valence-electron chi connectivity index (χ1n) is 5.26. The van der Waals surface area contributed by atoms with Crippen LogP contribution in [0.5, 0.6) is 5.75 Å². The van der Waals surface area contributed by atoms with Crippen LogP contribution in [0.4, 0.5) is 0 Å². The highest BCUT2D eigenvalue weighted by Gasteiger charge is 2.17. The molecule has 0 atom stereocenters. The number of aromatic carboxylic acids is 1. The maximum atomic E-state index is 10.9. The molecule has 0 radical (unpaired) electrons. The maximum absolute atomic E-state index is 10.9. The van der Waals surface area contributed by atoms with E-state index in [9.17, 15) is 9.90 Å². The number of phenols is 1. The molecular formula is C13H18O3. The van der Waals surface area contributed by atoms with Gasteiger partial charge in [-0.05, 0) is 36.0 Å². The van der Waals surface area contributed by atoms with Crippen LogP contribution in [0.25, 0.3) is 0 Å². The van der Waals surface area contributed by atoms with Gasteiger partial charge in [-0.1, -0.05) is 26.8 Å². The summed E-state index contributed by atoms with van der Waals surface area (Å²) in [5.74, 6) is -1.23. The Kier molecular flexibility index (Phi) is 3.27. The summed E-state index contributed by atoms with van der Waals surface area (Å²) in [4.78, 5) is 10.9. The number of benzene rings is 1. The lowest BCUT2D eigenvalue weighted by Crippen LogP contribution is -2.10. The third kappa shape index (κ3) is 2.99. The molecule has 0 saturated carbocycles. The zero-order valence-electron chi connectivity index (χ0n) is 10.2. The molecule has 0 fully saturated rings. The number of hydrogen-bond acceptors (Lipinski definition) is 2. The summed E-state index contributed by atoms with van der Waals surface area (Å²) in [5, 5.41) is 18.6. The third-order valence-corrected chi connectivity index (χ3v) is 2.32. The molecule has 0 aliphatic rings. The summed E-state index contributed by atoms with van der Waals surface area (Å²) in [5.41, 5.74) is 1.68. The zero-order valence-corrected chi connectivity index (χ0v) is 10.2. The van der Waals surface area contributed by atoms with Crippen LogP contribution in [0.15, 0.2) is 12.1 Å². The summed E-state index contributed by atoms with van der Waals surface area (Å²) in [6.45, 7) is 8.01. The lowest BCUT2D eigenvalue weighted by atomic mass is 9.87. The lowest BCUT2D eigenvalue weighted by molar-refractivity contribution is 0.0693. The van der Waals surface area contributed by atoms with Crippen LogP contribution in [-0.2, 0) is 6.42 Å². The van der Waals surface area contributed by atoms with Crippen molar-refractivity contribution in [2.75, 3.05) is 0 Å². The van der Waals surface area contributed by atoms with Gasteiger partial charge in [0.05, 0.1) is 0 Å². The molecule has 0 aliphatic heterocycles. The van der Waals surface area contributed by atoms with E-state index in [4.69, 9.17) is 5.11 Å². The Morgan fingerprint density at radius 1 is 1.31 bits per heavy atom. The van der Waals surface area contributed by atoms with Gasteiger partial charge in [0.25, 0.3) is 0 Å². The number of hydrogen-bond donors (Lipinski definition) is 2. The van der Waals surface area contributed by atoms with E-state index in [-0.39, 0.29) is 16.7 Å². The molecule has 0 spiro atoms. The van der Waals surface area contributed by atoms with E-state index < -0.39 is 5.97 Å². The molecule has 16 heavy (non-hydrogen) atoms. The van der Waals surface area contributed by atoms with Gasteiger partial charge in [0.15, 0.2) is 0 Å². The Labute approximate surface area is 95.7 Å². The Morgan fingerprint density at radius 3 is 2.25 bits per heavy atom. The smallest absolute Gasteiger partial charge is 0.339 e. The van der Waals surface area contributed by atoms with Crippen molar-refractivity contribution in [1.82, 2.24) is 0 Å². The highest BCUT2D eigenvalue weighted by molar-refractivity contribution is 5.92. The highest BCUT2D eigenvalue weighted by atomic mass is 16.4. The summed E-state index contributed by atoms with van der Waals surface area (Å²) >= 11 is 0. The highest BCUT2D eigenvalue weighted by Crippen LogP contribution is 2.27. The van der Waals surface area contributed by atoms with Crippen LogP contribution in [0.2, 0.25) is 0 Å². The standard InChI is InChI=1S/C13H18O3/c1-8-5-9(7-13(2,3)4)6-10(14)11(8)12(15)16/h5-6,14H,7H2,1-4H3,(H,15,16). The van der Waals surface area contributed by atoms with E-state index in [0.717, 1.165) is 12.0 Å². The molecule has 0 heterocycles. The third-order valence-electron chi connectivity index (χ3n) is 2.32. The van der Waals surface area contributed by atoms with E-state index >= 15 is 0 Å². The second kappa shape index (κ2) is 4.16. The minimum Gasteiger partial charge on any atom is -0.507 e. The summed E-state index contributed by atoms with van der Waals surface area (Å²) in [6, 6.07) is 3.37. The average molecular weight is 222 g/mol. The largest absolute Gasteiger partial charge is 0.507 e. The lowest BCUT2D eigenvalue weighted by Gasteiger charge is -2.19. The molecule has 3 nitrogen and oxygen atoms in total. The van der Waals surface area contributed by atoms with Crippen LogP contribution in [0.3, 0.4) is 0 Å². The number of carbonyl (C=O) groups is 1. The fourth-order valence-electron chi connectivity index (χ4n) is 1.83. The van der Waals surface area contributed by atoms with Gasteiger partial charge < -0.3 is 10.2 Å². The molecule has 1 aromatic carbocycles. The maximum Gasteiger partial charge on any atom is 0.339 e. The van der Waals surface area contributed by atoms with Crippen LogP contribution >= 0.6 is 0 Å². The zero-order chi connectivity index (χ0) is 12.5. The first-order chi connectivity index (χ1) is 7.20. The molecule has 1 rings (SSSR count). The Hall–Kier alpha value is -1.51. The molecule has 0 amide bonds. The fourth-order valence-corrected chi connectivity index (χ4v) is 1.83. The predicted molar refractivity (Wildman–Crippen MR) is 63.0 cm³/mol. The minimum absolute atomic E-state index is 0.00217. The van der Waals surface area contributed by atoms with Crippen molar-refractivity contribution < 1.29 is 15.0 Å². The molecule has 0 saturated heterocycles. The van der Waals surface area contributed by atoms with E-state index in [0.29, 0.717) is 5.56 Å². The molecule has 0 unspecified atom stereocenters. The second-order valence-corrected chi connectivity index (χ2v) is 5.35. The molecule has 2 N–H and O–H groups in total. The van der Waals surface area contributed by atoms with Gasteiger partial charge in [-0.2, -0.15) is 0 Å². The number of aromatic hydroxyl groups is 1. The Balaban J connectivity index is 3.15. The average Bonchev–Trinajstić information content (AvgIpc) is 1.96. The van der Waals surface area contributed by atoms with Crippen molar-refractivity contribution in [2.45, 2.75) is 34.1 Å². The van der Waals surface area contributed by atoms with Gasteiger partial charge in [-0.15, -0.1) is 0 Å². The van der Waals surface area contributed by atoms with Gasteiger partial charge in [0, 0.05) is 0 Å². The Morgan fingerprint density at radius 2 is 1.88 bits per heavy atom. The van der Waals surface area contributed by atoms with Gasteiger partial charge in [-0.25, -0.2) is 4.79 Å². The van der Waals surface area contributed by atoms with E-state index in [1.807, 2.05) is 6.07 Å². The van der Waals surface area contributed by atoms with Gasteiger partial charge in [0.2, 0.25) is 0 Å². The minimum atomic E-state index is -1.09. The molecule has 88 valence electrons. The van der Waals surface area contributed by atoms with Crippen LogP contribution in [0.1, 0.15) is 42.3 Å². The predicted octanol–water partition coefficient (Wildman–Crippen LogP) is 2.99. The molecule has 0 aromatic heterocycles. The van der Waals surface area contributed by atoms with Crippen LogP contribution < -0.4 is 0 Å². The summed E-state index contributed by atoms with van der Waals surface area (Å²) in [7, 11) is 0. The summed E-state index contributed by atoms with van der Waals surface area (Å²) in [6.07, 6.45) is 0.807. The van der Waals surface area contributed by atoms with Crippen LogP contribution in [0, 0.1) is 12.3 Å². The van der Waals surface area contributed by atoms with Gasteiger partial charge in [-0.3, -0.25) is 0 Å². The monoisotopic (exact) mass is 222 g/mol. The van der Waals surface area contributed by atoms with Crippen molar-refractivity contribution in [2.24, 2.45) is 5.41 Å². The quantitative estimate of drug-likeness (QED) is 0.808. The topological polar surface area (TPSA) is 57.5 Å². The normalized spacial score (nSPS) is 11.5. The molecule has 3 heteroatoms. The first-order valence-corrected chi connectivity index (χ1v) is 5.26. The van der Waals surface area contributed by atoms with E-state index in [1.54, 1.807) is 13.0 Å². The van der Waals surface area contributed by atoms with Crippen molar-refractivity contribution in [3.8, 4) is 5.75 Å². The number of carboxylic acid groups (broad SMARTS) is 1. The van der Waals surface area contributed by atoms with Crippen molar-refractivity contribution >= 4 is 5.97 Å². The number of carboxylic acids is 1. The summed E-state index contributed by atoms with van der Waals surface area (Å²) < 4.78 is 0. The number of aryl methyl sites for hydroxylation is 1. The molecule has 0 bridgehead atoms. The van der Waals surface area contributed by atoms with Crippen molar-refractivity contribution in [1.29, 1.82) is 0 Å². The van der Waals surface area contributed by atoms with Crippen molar-refractivity contribution in [3.63, 3.8) is 0 Å². The number of rotatable bonds is 2. The van der Waals surface area contributed by atoms with Crippen LogP contribution in [-0.4, -0.2) is 16.2 Å². The second-order valence-electron chi connectivity index (χ2n) is 5.35. The Bertz CT molecular complexity index is 391. The van der Waals surface area contributed by atoms with Gasteiger partial charge >= 0.3 is 5.97 Å². The van der Waals surface area contributed by atoms with E-state index in [1.165, 1.54) is 0 Å². The molecule has 0 aliphatic carbocycles.